The molecule has 0 bridgehead atoms. The van der Waals surface area contributed by atoms with Crippen molar-refractivity contribution in [2.45, 2.75) is 6.54 Å². The van der Waals surface area contributed by atoms with Crippen LogP contribution in [-0.4, -0.2) is 16.1 Å². The predicted molar refractivity (Wildman–Crippen MR) is 75.4 cm³/mol. The summed E-state index contributed by atoms with van der Waals surface area (Å²) in [6.45, 7) is 0.292. The third-order valence-electron chi connectivity index (χ3n) is 2.79. The Kier molecular flexibility index (Phi) is 3.33. The van der Waals surface area contributed by atoms with Gasteiger partial charge in [-0.25, -0.2) is 9.78 Å². The third kappa shape index (κ3) is 2.77. The molecule has 0 atom stereocenters. The number of aromatic nitrogens is 2. The lowest BCUT2D eigenvalue weighted by Crippen LogP contribution is -2.26. The zero-order valence-corrected chi connectivity index (χ0v) is 10.7. The number of rotatable bonds is 3. The normalized spacial score (nSPS) is 10.4. The van der Waals surface area contributed by atoms with Gasteiger partial charge in [0, 0.05) is 0 Å². The van der Waals surface area contributed by atoms with Gasteiger partial charge >= 0.3 is 6.09 Å². The monoisotopic (exact) mass is 267 g/mol. The van der Waals surface area contributed by atoms with Crippen LogP contribution in [0.3, 0.4) is 0 Å². The van der Waals surface area contributed by atoms with Gasteiger partial charge in [0.25, 0.3) is 0 Å². The van der Waals surface area contributed by atoms with Crippen LogP contribution in [0.2, 0.25) is 0 Å². The molecule has 1 aromatic heterocycles. The number of hydrogen-bond donors (Lipinski definition) is 2. The van der Waals surface area contributed by atoms with E-state index < -0.39 is 6.09 Å². The van der Waals surface area contributed by atoms with Crippen molar-refractivity contribution in [1.82, 2.24) is 15.3 Å². The number of hydrogen-bond acceptors (Lipinski definition) is 3. The van der Waals surface area contributed by atoms with E-state index in [2.05, 4.69) is 15.3 Å². The number of amides is 1. The first-order chi connectivity index (χ1) is 9.81. The molecule has 0 aliphatic carbocycles. The first kappa shape index (κ1) is 12.2. The molecule has 3 aromatic rings. The molecule has 1 amide bonds. The molecule has 20 heavy (non-hydrogen) atoms. The lowest BCUT2D eigenvalue weighted by atomic mass is 10.3. The molecule has 2 N–H and O–H groups in total. The van der Waals surface area contributed by atoms with Gasteiger partial charge in [-0.3, -0.25) is 0 Å². The van der Waals surface area contributed by atoms with Crippen LogP contribution in [0.1, 0.15) is 5.82 Å². The van der Waals surface area contributed by atoms with E-state index in [1.165, 1.54) is 0 Å². The van der Waals surface area contributed by atoms with Crippen molar-refractivity contribution in [3.05, 3.63) is 60.4 Å². The van der Waals surface area contributed by atoms with Gasteiger partial charge in [-0.2, -0.15) is 0 Å². The topological polar surface area (TPSA) is 67.0 Å². The number of carbonyl (C=O) groups excluding carboxylic acids is 1. The van der Waals surface area contributed by atoms with E-state index in [1.807, 2.05) is 42.5 Å². The van der Waals surface area contributed by atoms with E-state index in [4.69, 9.17) is 4.74 Å². The molecule has 3 rings (SSSR count). The van der Waals surface area contributed by atoms with Gasteiger partial charge in [-0.05, 0) is 24.3 Å². The number of H-pyrrole nitrogens is 1. The van der Waals surface area contributed by atoms with E-state index in [9.17, 15) is 4.79 Å². The maximum atomic E-state index is 11.6. The van der Waals surface area contributed by atoms with E-state index in [0.29, 0.717) is 18.1 Å². The minimum Gasteiger partial charge on any atom is -0.410 e. The predicted octanol–water partition coefficient (Wildman–Crippen LogP) is 2.85. The molecule has 5 nitrogen and oxygen atoms in total. The summed E-state index contributed by atoms with van der Waals surface area (Å²) in [4.78, 5) is 19.1. The highest BCUT2D eigenvalue weighted by Gasteiger charge is 2.06. The molecule has 0 spiro atoms. The van der Waals surface area contributed by atoms with E-state index in [1.54, 1.807) is 12.1 Å². The Bertz CT molecular complexity index is 689. The standard InChI is InChI=1S/C15H13N3O2/c19-15(20-11-6-2-1-3-7-11)16-10-14-17-12-8-4-5-9-13(12)18-14/h1-9H,10H2,(H,16,19)(H,17,18). The van der Waals surface area contributed by atoms with Crippen molar-refractivity contribution < 1.29 is 9.53 Å². The first-order valence-corrected chi connectivity index (χ1v) is 6.25. The van der Waals surface area contributed by atoms with Gasteiger partial charge in [0.2, 0.25) is 0 Å². The van der Waals surface area contributed by atoms with Crippen LogP contribution in [0, 0.1) is 0 Å². The minimum absolute atomic E-state index is 0.292. The lowest BCUT2D eigenvalue weighted by Gasteiger charge is -2.04. The number of fused-ring (bicyclic) bond motifs is 1. The summed E-state index contributed by atoms with van der Waals surface area (Å²) in [5, 5.41) is 2.65. The van der Waals surface area contributed by atoms with Crippen LogP contribution in [-0.2, 0) is 6.54 Å². The number of imidazole rings is 1. The van der Waals surface area contributed by atoms with E-state index >= 15 is 0 Å². The fraction of sp³-hybridized carbons (Fsp3) is 0.0667. The fourth-order valence-electron chi connectivity index (χ4n) is 1.88. The molecule has 1 heterocycles. The SMILES string of the molecule is O=C(NCc1nc2ccccc2[nH]1)Oc1ccccc1. The number of nitrogens with zero attached hydrogens (tertiary/aromatic N) is 1. The Morgan fingerprint density at radius 1 is 1.10 bits per heavy atom. The number of ether oxygens (including phenoxy) is 1. The Labute approximate surface area is 115 Å². The summed E-state index contributed by atoms with van der Waals surface area (Å²) >= 11 is 0. The van der Waals surface area contributed by atoms with Crippen molar-refractivity contribution in [2.24, 2.45) is 0 Å². The molecular weight excluding hydrogens is 254 g/mol. The molecule has 0 aliphatic rings. The highest BCUT2D eigenvalue weighted by Crippen LogP contribution is 2.10. The maximum absolute atomic E-state index is 11.6. The van der Waals surface area contributed by atoms with E-state index in [-0.39, 0.29) is 0 Å². The molecule has 0 unspecified atom stereocenters. The highest BCUT2D eigenvalue weighted by molar-refractivity contribution is 5.75. The van der Waals surface area contributed by atoms with Gasteiger partial charge in [0.05, 0.1) is 17.6 Å². The van der Waals surface area contributed by atoms with Crippen molar-refractivity contribution in [3.8, 4) is 5.75 Å². The highest BCUT2D eigenvalue weighted by atomic mass is 16.6. The molecule has 2 aromatic carbocycles. The van der Waals surface area contributed by atoms with Crippen LogP contribution >= 0.6 is 0 Å². The van der Waals surface area contributed by atoms with Gasteiger partial charge in [-0.15, -0.1) is 0 Å². The summed E-state index contributed by atoms with van der Waals surface area (Å²) in [6.07, 6.45) is -0.503. The summed E-state index contributed by atoms with van der Waals surface area (Å²) in [6, 6.07) is 16.6. The van der Waals surface area contributed by atoms with Gasteiger partial charge < -0.3 is 15.0 Å². The number of aromatic amines is 1. The van der Waals surface area contributed by atoms with Crippen molar-refractivity contribution in [1.29, 1.82) is 0 Å². The van der Waals surface area contributed by atoms with Gasteiger partial charge in [0.15, 0.2) is 0 Å². The Morgan fingerprint density at radius 3 is 2.65 bits per heavy atom. The zero-order chi connectivity index (χ0) is 13.8. The van der Waals surface area contributed by atoms with Crippen LogP contribution < -0.4 is 10.1 Å². The second-order valence-electron chi connectivity index (χ2n) is 4.26. The van der Waals surface area contributed by atoms with Crippen LogP contribution in [0.15, 0.2) is 54.6 Å². The number of carbonyl (C=O) groups is 1. The lowest BCUT2D eigenvalue weighted by molar-refractivity contribution is 0.199. The molecule has 0 saturated carbocycles. The van der Waals surface area contributed by atoms with Crippen LogP contribution in [0.5, 0.6) is 5.75 Å². The molecule has 0 radical (unpaired) electrons. The molecule has 0 fully saturated rings. The molecular formula is C15H13N3O2. The quantitative estimate of drug-likeness (QED) is 0.766. The Balaban J connectivity index is 1.60. The van der Waals surface area contributed by atoms with E-state index in [0.717, 1.165) is 11.0 Å². The van der Waals surface area contributed by atoms with Crippen molar-refractivity contribution >= 4 is 17.1 Å². The molecule has 0 saturated heterocycles. The minimum atomic E-state index is -0.503. The average Bonchev–Trinajstić information content (AvgIpc) is 2.89. The smallest absolute Gasteiger partial charge is 0.410 e. The third-order valence-corrected chi connectivity index (χ3v) is 2.79. The van der Waals surface area contributed by atoms with Crippen molar-refractivity contribution in [3.63, 3.8) is 0 Å². The average molecular weight is 267 g/mol. The summed E-state index contributed by atoms with van der Waals surface area (Å²) in [7, 11) is 0. The van der Waals surface area contributed by atoms with Gasteiger partial charge in [0.1, 0.15) is 11.6 Å². The second-order valence-corrected chi connectivity index (χ2v) is 4.26. The zero-order valence-electron chi connectivity index (χ0n) is 10.7. The number of nitrogens with one attached hydrogen (secondary N) is 2. The van der Waals surface area contributed by atoms with Crippen LogP contribution in [0.25, 0.3) is 11.0 Å². The second kappa shape index (κ2) is 5.44. The Hall–Kier alpha value is -2.82. The first-order valence-electron chi connectivity index (χ1n) is 6.25. The number of benzene rings is 2. The largest absolute Gasteiger partial charge is 0.412 e. The Morgan fingerprint density at radius 2 is 1.85 bits per heavy atom. The molecule has 0 aliphatic heterocycles. The molecule has 100 valence electrons. The molecule has 5 heteroatoms. The van der Waals surface area contributed by atoms with Gasteiger partial charge in [-0.1, -0.05) is 30.3 Å². The summed E-state index contributed by atoms with van der Waals surface area (Å²) in [5.41, 5.74) is 1.82. The maximum Gasteiger partial charge on any atom is 0.412 e. The number of para-hydroxylation sites is 3. The van der Waals surface area contributed by atoms with Crippen LogP contribution in [0.4, 0.5) is 4.79 Å². The summed E-state index contributed by atoms with van der Waals surface area (Å²) < 4.78 is 5.12. The summed E-state index contributed by atoms with van der Waals surface area (Å²) in [5.74, 6) is 1.20. The fourth-order valence-corrected chi connectivity index (χ4v) is 1.88. The van der Waals surface area contributed by atoms with Crippen molar-refractivity contribution in [2.75, 3.05) is 0 Å².